The lowest BCUT2D eigenvalue weighted by Gasteiger charge is -2.30. The second-order valence-corrected chi connectivity index (χ2v) is 6.51. The Kier molecular flexibility index (Phi) is 5.19. The molecule has 1 saturated heterocycles. The first kappa shape index (κ1) is 17.2. The second-order valence-electron chi connectivity index (χ2n) is 6.51. The van der Waals surface area contributed by atoms with Gasteiger partial charge in [0.15, 0.2) is 0 Å². The molecule has 1 unspecified atom stereocenters. The molecular weight excluding hydrogens is 318 g/mol. The van der Waals surface area contributed by atoms with Crippen LogP contribution in [0, 0.1) is 6.92 Å². The smallest absolute Gasteiger partial charge is 0.322 e. The highest BCUT2D eigenvalue weighted by Gasteiger charge is 2.22. The third-order valence-electron chi connectivity index (χ3n) is 4.42. The molecule has 1 aliphatic heterocycles. The number of aromatic nitrogens is 1. The lowest BCUT2D eigenvalue weighted by atomic mass is 10.1. The Balaban J connectivity index is 1.73. The number of aliphatic hydroxyl groups excluding tert-OH is 1. The number of benzene rings is 1. The zero-order valence-corrected chi connectivity index (χ0v) is 14.3. The third kappa shape index (κ3) is 4.28. The molecule has 0 bridgehead atoms. The van der Waals surface area contributed by atoms with Gasteiger partial charge >= 0.3 is 6.03 Å². The van der Waals surface area contributed by atoms with Crippen LogP contribution in [-0.4, -0.2) is 39.8 Å². The third-order valence-corrected chi connectivity index (χ3v) is 4.42. The number of carbonyl (C=O) groups excluding carboxylic acids is 1. The van der Waals surface area contributed by atoms with Crippen LogP contribution in [0.25, 0.3) is 0 Å². The number of aliphatic hydroxyl groups is 1. The first-order chi connectivity index (χ1) is 12.0. The summed E-state index contributed by atoms with van der Waals surface area (Å²) in [7, 11) is 0. The highest BCUT2D eigenvalue weighted by molar-refractivity contribution is 5.89. The molecule has 6 heteroatoms. The molecular formula is C19H23N3O3. The van der Waals surface area contributed by atoms with Crippen molar-refractivity contribution in [1.29, 1.82) is 0 Å². The van der Waals surface area contributed by atoms with E-state index in [4.69, 9.17) is 0 Å². The molecule has 2 N–H and O–H groups in total. The average Bonchev–Trinajstić information content (AvgIpc) is 2.60. The first-order valence-electron chi connectivity index (χ1n) is 8.52. The number of β-amino-alcohol motifs (C(OH)–C–C–N with tert-alkyl or cyclic N) is 1. The van der Waals surface area contributed by atoms with Gasteiger partial charge in [0.2, 0.25) is 0 Å². The van der Waals surface area contributed by atoms with Gasteiger partial charge in [-0.1, -0.05) is 29.8 Å². The molecule has 1 aromatic carbocycles. The quantitative estimate of drug-likeness (QED) is 0.899. The Morgan fingerprint density at radius 2 is 2.04 bits per heavy atom. The fourth-order valence-corrected chi connectivity index (χ4v) is 2.98. The van der Waals surface area contributed by atoms with Crippen molar-refractivity contribution < 1.29 is 9.90 Å². The molecule has 2 heterocycles. The number of likely N-dealkylation sites (tertiary alicyclic amines) is 1. The van der Waals surface area contributed by atoms with Crippen molar-refractivity contribution in [3.8, 4) is 0 Å². The molecule has 0 saturated carbocycles. The lowest BCUT2D eigenvalue weighted by Crippen LogP contribution is -2.45. The minimum absolute atomic E-state index is 0.242. The second kappa shape index (κ2) is 7.53. The van der Waals surface area contributed by atoms with Crippen molar-refractivity contribution in [2.75, 3.05) is 18.4 Å². The van der Waals surface area contributed by atoms with E-state index < -0.39 is 6.10 Å². The summed E-state index contributed by atoms with van der Waals surface area (Å²) in [6.07, 6.45) is 2.69. The SMILES string of the molecule is Cc1ccc(Cn2cccc(NC(=O)N3CCCC(O)C3)c2=O)cc1. The van der Waals surface area contributed by atoms with Crippen molar-refractivity contribution in [3.05, 3.63) is 64.1 Å². The number of hydrogen-bond donors (Lipinski definition) is 2. The average molecular weight is 341 g/mol. The van der Waals surface area contributed by atoms with Crippen LogP contribution in [0.15, 0.2) is 47.4 Å². The van der Waals surface area contributed by atoms with Gasteiger partial charge in [0.25, 0.3) is 5.56 Å². The highest BCUT2D eigenvalue weighted by Crippen LogP contribution is 2.12. The van der Waals surface area contributed by atoms with Crippen molar-refractivity contribution in [1.82, 2.24) is 9.47 Å². The predicted octanol–water partition coefficient (Wildman–Crippen LogP) is 2.19. The van der Waals surface area contributed by atoms with Gasteiger partial charge in [-0.2, -0.15) is 0 Å². The Bertz CT molecular complexity index is 798. The van der Waals surface area contributed by atoms with Gasteiger partial charge in [0.1, 0.15) is 5.69 Å². The molecule has 1 atom stereocenters. The van der Waals surface area contributed by atoms with Crippen molar-refractivity contribution >= 4 is 11.7 Å². The lowest BCUT2D eigenvalue weighted by molar-refractivity contribution is 0.0883. The first-order valence-corrected chi connectivity index (χ1v) is 8.52. The Morgan fingerprint density at radius 3 is 2.76 bits per heavy atom. The minimum atomic E-state index is -0.492. The van der Waals surface area contributed by atoms with E-state index in [1.807, 2.05) is 31.2 Å². The number of rotatable bonds is 3. The van der Waals surface area contributed by atoms with Gasteiger partial charge in [-0.05, 0) is 37.5 Å². The van der Waals surface area contributed by atoms with E-state index >= 15 is 0 Å². The molecule has 1 fully saturated rings. The number of carbonyl (C=O) groups is 1. The fraction of sp³-hybridized carbons (Fsp3) is 0.368. The van der Waals surface area contributed by atoms with Crippen LogP contribution < -0.4 is 10.9 Å². The van der Waals surface area contributed by atoms with Crippen LogP contribution in [0.3, 0.4) is 0 Å². The van der Waals surface area contributed by atoms with Crippen LogP contribution >= 0.6 is 0 Å². The van der Waals surface area contributed by atoms with Gasteiger partial charge in [-0.15, -0.1) is 0 Å². The number of nitrogens with one attached hydrogen (secondary N) is 1. The molecule has 2 amide bonds. The van der Waals surface area contributed by atoms with Gasteiger partial charge in [-0.25, -0.2) is 4.79 Å². The molecule has 2 aromatic rings. The van der Waals surface area contributed by atoms with Gasteiger partial charge in [0.05, 0.1) is 12.6 Å². The van der Waals surface area contributed by atoms with Crippen LogP contribution in [0.2, 0.25) is 0 Å². The molecule has 0 aliphatic carbocycles. The van der Waals surface area contributed by atoms with Crippen molar-refractivity contribution in [2.45, 2.75) is 32.4 Å². The number of pyridine rings is 1. The maximum atomic E-state index is 12.6. The van der Waals surface area contributed by atoms with Crippen LogP contribution in [0.5, 0.6) is 0 Å². The normalized spacial score (nSPS) is 17.4. The number of amides is 2. The number of piperidine rings is 1. The molecule has 0 spiro atoms. The van der Waals surface area contributed by atoms with E-state index in [2.05, 4.69) is 5.32 Å². The summed E-state index contributed by atoms with van der Waals surface area (Å²) < 4.78 is 1.57. The van der Waals surface area contributed by atoms with Crippen LogP contribution in [0.4, 0.5) is 10.5 Å². The van der Waals surface area contributed by atoms with E-state index in [0.717, 1.165) is 12.0 Å². The zero-order chi connectivity index (χ0) is 17.8. The largest absolute Gasteiger partial charge is 0.391 e. The summed E-state index contributed by atoms with van der Waals surface area (Å²) in [5, 5.41) is 12.4. The van der Waals surface area contributed by atoms with Gasteiger partial charge in [0, 0.05) is 19.3 Å². The summed E-state index contributed by atoms with van der Waals surface area (Å²) in [5.74, 6) is 0. The van der Waals surface area contributed by atoms with Crippen molar-refractivity contribution in [3.63, 3.8) is 0 Å². The van der Waals surface area contributed by atoms with E-state index in [9.17, 15) is 14.7 Å². The number of anilines is 1. The Labute approximate surface area is 146 Å². The monoisotopic (exact) mass is 341 g/mol. The van der Waals surface area contributed by atoms with Crippen LogP contribution in [-0.2, 0) is 6.54 Å². The standard InChI is InChI=1S/C19H23N3O3/c1-14-6-8-15(9-7-14)12-21-10-3-5-17(18(21)24)20-19(25)22-11-2-4-16(23)13-22/h3,5-10,16,23H,2,4,11-13H2,1H3,(H,20,25). The molecule has 132 valence electrons. The maximum absolute atomic E-state index is 12.6. The summed E-state index contributed by atoms with van der Waals surface area (Å²) in [4.78, 5) is 26.5. The summed E-state index contributed by atoms with van der Waals surface area (Å²) in [5.41, 5.74) is 2.20. The molecule has 25 heavy (non-hydrogen) atoms. The molecule has 3 rings (SSSR count). The summed E-state index contributed by atoms with van der Waals surface area (Å²) in [6.45, 7) is 3.36. The summed E-state index contributed by atoms with van der Waals surface area (Å²) >= 11 is 0. The minimum Gasteiger partial charge on any atom is -0.391 e. The number of hydrogen-bond acceptors (Lipinski definition) is 3. The van der Waals surface area contributed by atoms with Gasteiger partial charge < -0.3 is 19.9 Å². The molecule has 6 nitrogen and oxygen atoms in total. The van der Waals surface area contributed by atoms with Crippen LogP contribution in [0.1, 0.15) is 24.0 Å². The van der Waals surface area contributed by atoms with Crippen molar-refractivity contribution in [2.24, 2.45) is 0 Å². The molecule has 0 radical (unpaired) electrons. The zero-order valence-electron chi connectivity index (χ0n) is 14.3. The summed E-state index contributed by atoms with van der Waals surface area (Å²) in [6, 6.07) is 11.0. The number of aryl methyl sites for hydroxylation is 1. The number of urea groups is 1. The maximum Gasteiger partial charge on any atom is 0.322 e. The number of nitrogens with zero attached hydrogens (tertiary/aromatic N) is 2. The van der Waals surface area contributed by atoms with E-state index in [1.165, 1.54) is 5.56 Å². The predicted molar refractivity (Wildman–Crippen MR) is 96.8 cm³/mol. The van der Waals surface area contributed by atoms with E-state index in [1.54, 1.807) is 27.8 Å². The molecule has 1 aromatic heterocycles. The van der Waals surface area contributed by atoms with E-state index in [-0.39, 0.29) is 17.3 Å². The Hall–Kier alpha value is -2.60. The topological polar surface area (TPSA) is 74.6 Å². The van der Waals surface area contributed by atoms with E-state index in [0.29, 0.717) is 26.1 Å². The Morgan fingerprint density at radius 1 is 1.28 bits per heavy atom. The fourth-order valence-electron chi connectivity index (χ4n) is 2.98. The molecule has 1 aliphatic rings. The highest BCUT2D eigenvalue weighted by atomic mass is 16.3. The van der Waals surface area contributed by atoms with Gasteiger partial charge in [-0.3, -0.25) is 4.79 Å².